The van der Waals surface area contributed by atoms with E-state index in [0.29, 0.717) is 6.10 Å². The molecular formula is C12H16O. The van der Waals surface area contributed by atoms with Crippen molar-refractivity contribution in [3.8, 4) is 0 Å². The molecule has 70 valence electrons. The van der Waals surface area contributed by atoms with Crippen LogP contribution in [0.2, 0.25) is 0 Å². The van der Waals surface area contributed by atoms with Crippen LogP contribution in [-0.4, -0.2) is 12.7 Å². The molecule has 0 N–H and O–H groups in total. The molecule has 1 aliphatic rings. The highest BCUT2D eigenvalue weighted by atomic mass is 16.5. The van der Waals surface area contributed by atoms with Crippen molar-refractivity contribution in [3.05, 3.63) is 35.9 Å². The summed E-state index contributed by atoms with van der Waals surface area (Å²) in [5.41, 5.74) is 1.42. The standard InChI is InChI=1S/C12H16O/c1-2-5-11(6-3-1)7-4-10-13-12-8-9-12/h1-3,5-6,12H,4,7-10H2. The monoisotopic (exact) mass is 176 g/mol. The minimum atomic E-state index is 0.607. The van der Waals surface area contributed by atoms with Gasteiger partial charge >= 0.3 is 0 Å². The van der Waals surface area contributed by atoms with Crippen molar-refractivity contribution in [1.82, 2.24) is 0 Å². The summed E-state index contributed by atoms with van der Waals surface area (Å²) in [6.07, 6.45) is 5.47. The SMILES string of the molecule is c1ccc(CCCOC2CC2)cc1. The van der Waals surface area contributed by atoms with Crippen LogP contribution in [0.15, 0.2) is 30.3 Å². The lowest BCUT2D eigenvalue weighted by atomic mass is 10.1. The molecule has 1 heteroatoms. The maximum atomic E-state index is 5.57. The first-order chi connectivity index (χ1) is 6.45. The van der Waals surface area contributed by atoms with Gasteiger partial charge in [-0.3, -0.25) is 0 Å². The van der Waals surface area contributed by atoms with Crippen molar-refractivity contribution in [2.24, 2.45) is 0 Å². The topological polar surface area (TPSA) is 9.23 Å². The predicted molar refractivity (Wildman–Crippen MR) is 53.7 cm³/mol. The predicted octanol–water partition coefficient (Wildman–Crippen LogP) is 2.80. The average Bonchev–Trinajstić information content (AvgIpc) is 2.98. The Bertz CT molecular complexity index is 239. The minimum absolute atomic E-state index is 0.607. The molecule has 1 saturated carbocycles. The number of hydrogen-bond acceptors (Lipinski definition) is 1. The second kappa shape index (κ2) is 4.43. The van der Waals surface area contributed by atoms with Crippen molar-refractivity contribution in [1.29, 1.82) is 0 Å². The number of hydrogen-bond donors (Lipinski definition) is 0. The van der Waals surface area contributed by atoms with Crippen LogP contribution in [0.3, 0.4) is 0 Å². The Hall–Kier alpha value is -0.820. The van der Waals surface area contributed by atoms with E-state index in [2.05, 4.69) is 30.3 Å². The fourth-order valence-corrected chi connectivity index (χ4v) is 1.41. The summed E-state index contributed by atoms with van der Waals surface area (Å²) in [7, 11) is 0. The van der Waals surface area contributed by atoms with Crippen LogP contribution in [0.4, 0.5) is 0 Å². The molecule has 0 saturated heterocycles. The molecule has 0 amide bonds. The summed E-state index contributed by atoms with van der Waals surface area (Å²) >= 11 is 0. The van der Waals surface area contributed by atoms with E-state index in [4.69, 9.17) is 4.74 Å². The van der Waals surface area contributed by atoms with Crippen LogP contribution < -0.4 is 0 Å². The molecule has 1 aromatic carbocycles. The van der Waals surface area contributed by atoms with E-state index in [9.17, 15) is 0 Å². The molecule has 0 aromatic heterocycles. The van der Waals surface area contributed by atoms with Gasteiger partial charge in [0.25, 0.3) is 0 Å². The number of ether oxygens (including phenoxy) is 1. The van der Waals surface area contributed by atoms with Crippen LogP contribution in [-0.2, 0) is 11.2 Å². The molecule has 1 aliphatic carbocycles. The zero-order valence-corrected chi connectivity index (χ0v) is 7.91. The summed E-state index contributed by atoms with van der Waals surface area (Å²) in [5, 5.41) is 0. The Morgan fingerprint density at radius 1 is 1.15 bits per heavy atom. The first-order valence-corrected chi connectivity index (χ1v) is 5.11. The molecule has 2 rings (SSSR count). The lowest BCUT2D eigenvalue weighted by Gasteiger charge is -2.02. The average molecular weight is 176 g/mol. The Balaban J connectivity index is 1.61. The minimum Gasteiger partial charge on any atom is -0.378 e. The van der Waals surface area contributed by atoms with Crippen molar-refractivity contribution in [2.75, 3.05) is 6.61 Å². The van der Waals surface area contributed by atoms with Gasteiger partial charge in [0.2, 0.25) is 0 Å². The molecule has 1 aromatic rings. The van der Waals surface area contributed by atoms with Gasteiger partial charge in [-0.2, -0.15) is 0 Å². The molecule has 0 spiro atoms. The third kappa shape index (κ3) is 3.19. The third-order valence-electron chi connectivity index (χ3n) is 2.33. The van der Waals surface area contributed by atoms with E-state index < -0.39 is 0 Å². The molecule has 1 nitrogen and oxygen atoms in total. The van der Waals surface area contributed by atoms with Gasteiger partial charge in [0.15, 0.2) is 0 Å². The summed E-state index contributed by atoms with van der Waals surface area (Å²) in [5.74, 6) is 0. The van der Waals surface area contributed by atoms with Crippen molar-refractivity contribution in [2.45, 2.75) is 31.8 Å². The smallest absolute Gasteiger partial charge is 0.0577 e. The number of aryl methyl sites for hydroxylation is 1. The van der Waals surface area contributed by atoms with Gasteiger partial charge in [0.05, 0.1) is 6.10 Å². The summed E-state index contributed by atoms with van der Waals surface area (Å²) in [4.78, 5) is 0. The van der Waals surface area contributed by atoms with E-state index >= 15 is 0 Å². The van der Waals surface area contributed by atoms with E-state index in [0.717, 1.165) is 19.4 Å². The highest BCUT2D eigenvalue weighted by Gasteiger charge is 2.21. The highest BCUT2D eigenvalue weighted by Crippen LogP contribution is 2.23. The molecule has 0 aliphatic heterocycles. The summed E-state index contributed by atoms with van der Waals surface area (Å²) in [6, 6.07) is 10.6. The Morgan fingerprint density at radius 3 is 2.62 bits per heavy atom. The third-order valence-corrected chi connectivity index (χ3v) is 2.33. The quantitative estimate of drug-likeness (QED) is 0.627. The van der Waals surface area contributed by atoms with Crippen LogP contribution >= 0.6 is 0 Å². The van der Waals surface area contributed by atoms with Crippen molar-refractivity contribution < 1.29 is 4.74 Å². The Labute approximate surface area is 79.7 Å². The molecule has 0 bridgehead atoms. The summed E-state index contributed by atoms with van der Waals surface area (Å²) < 4.78 is 5.57. The fourth-order valence-electron chi connectivity index (χ4n) is 1.41. The number of benzene rings is 1. The molecule has 1 fully saturated rings. The van der Waals surface area contributed by atoms with Crippen molar-refractivity contribution >= 4 is 0 Å². The molecule has 0 unspecified atom stereocenters. The molecule has 0 heterocycles. The second-order valence-electron chi connectivity index (χ2n) is 3.66. The Morgan fingerprint density at radius 2 is 1.92 bits per heavy atom. The Kier molecular flexibility index (Phi) is 2.98. The van der Waals surface area contributed by atoms with Gasteiger partial charge in [-0.15, -0.1) is 0 Å². The summed E-state index contributed by atoms with van der Waals surface area (Å²) in [6.45, 7) is 0.930. The van der Waals surface area contributed by atoms with Crippen LogP contribution in [0, 0.1) is 0 Å². The van der Waals surface area contributed by atoms with Crippen LogP contribution in [0.5, 0.6) is 0 Å². The highest BCUT2D eigenvalue weighted by molar-refractivity contribution is 5.14. The van der Waals surface area contributed by atoms with Gasteiger partial charge in [-0.05, 0) is 31.2 Å². The molecular weight excluding hydrogens is 160 g/mol. The zero-order chi connectivity index (χ0) is 8.93. The van der Waals surface area contributed by atoms with Crippen LogP contribution in [0.25, 0.3) is 0 Å². The van der Waals surface area contributed by atoms with Crippen molar-refractivity contribution in [3.63, 3.8) is 0 Å². The molecule has 0 atom stereocenters. The van der Waals surface area contributed by atoms with Gasteiger partial charge in [0.1, 0.15) is 0 Å². The first-order valence-electron chi connectivity index (χ1n) is 5.11. The molecule has 0 radical (unpaired) electrons. The normalized spacial score (nSPS) is 16.0. The van der Waals surface area contributed by atoms with Gasteiger partial charge in [-0.1, -0.05) is 30.3 Å². The first kappa shape index (κ1) is 8.76. The lowest BCUT2D eigenvalue weighted by molar-refractivity contribution is 0.117. The van der Waals surface area contributed by atoms with E-state index in [1.807, 2.05) is 0 Å². The van der Waals surface area contributed by atoms with E-state index in [1.54, 1.807) is 0 Å². The number of rotatable bonds is 5. The van der Waals surface area contributed by atoms with Gasteiger partial charge in [-0.25, -0.2) is 0 Å². The van der Waals surface area contributed by atoms with Gasteiger partial charge < -0.3 is 4.74 Å². The van der Waals surface area contributed by atoms with E-state index in [1.165, 1.54) is 18.4 Å². The van der Waals surface area contributed by atoms with Gasteiger partial charge in [0, 0.05) is 6.61 Å². The second-order valence-corrected chi connectivity index (χ2v) is 3.66. The maximum Gasteiger partial charge on any atom is 0.0577 e. The maximum absolute atomic E-state index is 5.57. The van der Waals surface area contributed by atoms with Crippen LogP contribution in [0.1, 0.15) is 24.8 Å². The largest absolute Gasteiger partial charge is 0.378 e. The molecule has 13 heavy (non-hydrogen) atoms. The lowest BCUT2D eigenvalue weighted by Crippen LogP contribution is -1.97. The zero-order valence-electron chi connectivity index (χ0n) is 7.91. The fraction of sp³-hybridized carbons (Fsp3) is 0.500. The van der Waals surface area contributed by atoms with E-state index in [-0.39, 0.29) is 0 Å².